The van der Waals surface area contributed by atoms with E-state index in [1.54, 1.807) is 7.11 Å². The molecule has 2 rings (SSSR count). The van der Waals surface area contributed by atoms with Gasteiger partial charge in [-0.3, -0.25) is 4.79 Å². The molecule has 5 nitrogen and oxygen atoms in total. The predicted molar refractivity (Wildman–Crippen MR) is 59.2 cm³/mol. The van der Waals surface area contributed by atoms with Crippen LogP contribution in [0.25, 0.3) is 0 Å². The molecule has 3 unspecified atom stereocenters. The Labute approximate surface area is 96.1 Å². The lowest BCUT2D eigenvalue weighted by Crippen LogP contribution is -2.46. The molecule has 0 aliphatic carbocycles. The maximum absolute atomic E-state index is 12.1. The lowest BCUT2D eigenvalue weighted by atomic mass is 10.1. The number of nitrogens with zero attached hydrogens (tertiary/aromatic N) is 1. The van der Waals surface area contributed by atoms with Gasteiger partial charge >= 0.3 is 0 Å². The van der Waals surface area contributed by atoms with Crippen LogP contribution in [-0.2, 0) is 14.3 Å². The second-order valence-electron chi connectivity index (χ2n) is 4.52. The van der Waals surface area contributed by atoms with E-state index >= 15 is 0 Å². The van der Waals surface area contributed by atoms with Crippen LogP contribution >= 0.6 is 0 Å². The summed E-state index contributed by atoms with van der Waals surface area (Å²) in [5, 5.41) is 3.20. The second kappa shape index (κ2) is 5.12. The molecule has 92 valence electrons. The van der Waals surface area contributed by atoms with Crippen molar-refractivity contribution in [1.29, 1.82) is 0 Å². The van der Waals surface area contributed by atoms with Crippen LogP contribution in [0.2, 0.25) is 0 Å². The van der Waals surface area contributed by atoms with Gasteiger partial charge in [0.05, 0.1) is 24.8 Å². The number of carbonyl (C=O) groups excluding carboxylic acids is 1. The number of nitrogens with one attached hydrogen (secondary N) is 1. The Morgan fingerprint density at radius 2 is 2.38 bits per heavy atom. The number of likely N-dealkylation sites (N-methyl/N-ethyl adjacent to an activating group) is 1. The maximum atomic E-state index is 12.1. The molecular formula is C11H20N2O3. The van der Waals surface area contributed by atoms with Crippen molar-refractivity contribution in [2.24, 2.45) is 0 Å². The van der Waals surface area contributed by atoms with E-state index in [1.165, 1.54) is 0 Å². The highest BCUT2D eigenvalue weighted by Crippen LogP contribution is 2.16. The molecule has 1 N–H and O–H groups in total. The highest BCUT2D eigenvalue weighted by Gasteiger charge is 2.34. The van der Waals surface area contributed by atoms with Crippen molar-refractivity contribution in [2.75, 3.05) is 33.9 Å². The summed E-state index contributed by atoms with van der Waals surface area (Å²) in [6.45, 7) is 2.20. The summed E-state index contributed by atoms with van der Waals surface area (Å²) in [5.41, 5.74) is 0. The molecule has 0 aromatic heterocycles. The molecule has 2 fully saturated rings. The fraction of sp³-hybridized carbons (Fsp3) is 0.909. The molecule has 2 aliphatic heterocycles. The summed E-state index contributed by atoms with van der Waals surface area (Å²) in [6, 6.07) is 0.159. The van der Waals surface area contributed by atoms with Gasteiger partial charge in [-0.15, -0.1) is 0 Å². The van der Waals surface area contributed by atoms with Crippen molar-refractivity contribution in [3.63, 3.8) is 0 Å². The van der Waals surface area contributed by atoms with Gasteiger partial charge in [0.15, 0.2) is 0 Å². The molecule has 2 heterocycles. The number of rotatable bonds is 3. The van der Waals surface area contributed by atoms with Crippen molar-refractivity contribution >= 4 is 5.91 Å². The fourth-order valence-electron chi connectivity index (χ4n) is 2.32. The molecule has 1 amide bonds. The van der Waals surface area contributed by atoms with Crippen molar-refractivity contribution in [2.45, 2.75) is 31.0 Å². The normalized spacial score (nSPS) is 34.2. The average molecular weight is 228 g/mol. The van der Waals surface area contributed by atoms with Crippen LogP contribution in [0.4, 0.5) is 0 Å². The molecule has 0 spiro atoms. The van der Waals surface area contributed by atoms with Gasteiger partial charge < -0.3 is 19.7 Å². The highest BCUT2D eigenvalue weighted by molar-refractivity contribution is 5.82. The van der Waals surface area contributed by atoms with Crippen molar-refractivity contribution in [3.8, 4) is 0 Å². The molecule has 16 heavy (non-hydrogen) atoms. The Balaban J connectivity index is 1.87. The van der Waals surface area contributed by atoms with Crippen molar-refractivity contribution in [3.05, 3.63) is 0 Å². The average Bonchev–Trinajstić information content (AvgIpc) is 2.97. The Bertz CT molecular complexity index is 254. The summed E-state index contributed by atoms with van der Waals surface area (Å²) in [5.74, 6) is 0.162. The predicted octanol–water partition coefficient (Wildman–Crippen LogP) is -0.389. The zero-order valence-corrected chi connectivity index (χ0v) is 9.94. The minimum absolute atomic E-state index is 0.0875. The van der Waals surface area contributed by atoms with E-state index < -0.39 is 0 Å². The summed E-state index contributed by atoms with van der Waals surface area (Å²) in [4.78, 5) is 14.0. The number of amides is 1. The third-order valence-corrected chi connectivity index (χ3v) is 3.52. The van der Waals surface area contributed by atoms with Crippen LogP contribution in [-0.4, -0.2) is 62.9 Å². The third kappa shape index (κ3) is 2.36. The zero-order valence-electron chi connectivity index (χ0n) is 9.94. The van der Waals surface area contributed by atoms with Crippen LogP contribution in [0.5, 0.6) is 0 Å². The van der Waals surface area contributed by atoms with E-state index in [-0.39, 0.29) is 24.1 Å². The summed E-state index contributed by atoms with van der Waals surface area (Å²) in [7, 11) is 3.55. The minimum atomic E-state index is -0.0875. The number of hydrogen-bond donors (Lipinski definition) is 1. The zero-order chi connectivity index (χ0) is 11.5. The lowest BCUT2D eigenvalue weighted by Gasteiger charge is -2.26. The van der Waals surface area contributed by atoms with Gasteiger partial charge in [-0.25, -0.2) is 0 Å². The molecule has 2 aliphatic rings. The Kier molecular flexibility index (Phi) is 3.78. The van der Waals surface area contributed by atoms with Crippen LogP contribution in [0.3, 0.4) is 0 Å². The molecule has 0 radical (unpaired) electrons. The quantitative estimate of drug-likeness (QED) is 0.715. The van der Waals surface area contributed by atoms with Crippen LogP contribution in [0, 0.1) is 0 Å². The largest absolute Gasteiger partial charge is 0.380 e. The molecule has 0 bridgehead atoms. The molecule has 2 saturated heterocycles. The standard InChI is InChI=1S/C11H20N2O3/c1-13(8-3-4-16-7-8)11(14)10-5-9(15-2)6-12-10/h8-10,12H,3-7H2,1-2H3. The summed E-state index contributed by atoms with van der Waals surface area (Å²) >= 11 is 0. The Morgan fingerprint density at radius 3 is 2.94 bits per heavy atom. The van der Waals surface area contributed by atoms with E-state index in [9.17, 15) is 4.79 Å². The van der Waals surface area contributed by atoms with E-state index in [1.807, 2.05) is 11.9 Å². The van der Waals surface area contributed by atoms with Gasteiger partial charge in [0.2, 0.25) is 5.91 Å². The van der Waals surface area contributed by atoms with Crippen molar-refractivity contribution < 1.29 is 14.3 Å². The van der Waals surface area contributed by atoms with Gasteiger partial charge in [-0.1, -0.05) is 0 Å². The SMILES string of the molecule is COC1CNC(C(=O)N(C)C2CCOC2)C1. The monoisotopic (exact) mass is 228 g/mol. The Morgan fingerprint density at radius 1 is 1.56 bits per heavy atom. The topological polar surface area (TPSA) is 50.8 Å². The van der Waals surface area contributed by atoms with E-state index in [2.05, 4.69) is 5.32 Å². The lowest BCUT2D eigenvalue weighted by molar-refractivity contribution is -0.134. The summed E-state index contributed by atoms with van der Waals surface area (Å²) in [6.07, 6.45) is 1.89. The number of methoxy groups -OCH3 is 1. The highest BCUT2D eigenvalue weighted by atomic mass is 16.5. The number of carbonyl (C=O) groups is 1. The van der Waals surface area contributed by atoms with Gasteiger partial charge in [0.25, 0.3) is 0 Å². The molecule has 0 aromatic carbocycles. The third-order valence-electron chi connectivity index (χ3n) is 3.52. The molecule has 5 heteroatoms. The minimum Gasteiger partial charge on any atom is -0.380 e. The first-order valence-corrected chi connectivity index (χ1v) is 5.83. The van der Waals surface area contributed by atoms with Gasteiger partial charge in [-0.05, 0) is 12.8 Å². The molecule has 0 aromatic rings. The number of hydrogen-bond acceptors (Lipinski definition) is 4. The Hall–Kier alpha value is -0.650. The van der Waals surface area contributed by atoms with Crippen LogP contribution in [0.15, 0.2) is 0 Å². The van der Waals surface area contributed by atoms with Gasteiger partial charge in [0.1, 0.15) is 0 Å². The smallest absolute Gasteiger partial charge is 0.239 e. The first-order valence-electron chi connectivity index (χ1n) is 5.83. The van der Waals surface area contributed by atoms with E-state index in [0.29, 0.717) is 6.61 Å². The van der Waals surface area contributed by atoms with Gasteiger partial charge in [0, 0.05) is 27.3 Å². The van der Waals surface area contributed by atoms with E-state index in [4.69, 9.17) is 9.47 Å². The summed E-state index contributed by atoms with van der Waals surface area (Å²) < 4.78 is 10.5. The van der Waals surface area contributed by atoms with Crippen LogP contribution in [0.1, 0.15) is 12.8 Å². The van der Waals surface area contributed by atoms with Gasteiger partial charge in [-0.2, -0.15) is 0 Å². The first-order chi connectivity index (χ1) is 7.72. The molecule has 3 atom stereocenters. The van der Waals surface area contributed by atoms with Crippen molar-refractivity contribution in [1.82, 2.24) is 10.2 Å². The first kappa shape index (κ1) is 11.8. The van der Waals surface area contributed by atoms with Crippen LogP contribution < -0.4 is 5.32 Å². The van der Waals surface area contributed by atoms with E-state index in [0.717, 1.165) is 26.0 Å². The molecular weight excluding hydrogens is 208 g/mol. The number of ether oxygens (including phenoxy) is 2. The fourth-order valence-corrected chi connectivity index (χ4v) is 2.32. The second-order valence-corrected chi connectivity index (χ2v) is 4.52. The molecule has 0 saturated carbocycles. The maximum Gasteiger partial charge on any atom is 0.239 e.